The van der Waals surface area contributed by atoms with Gasteiger partial charge in [0.25, 0.3) is 0 Å². The maximum absolute atomic E-state index is 13.7. The Morgan fingerprint density at radius 3 is 2.64 bits per heavy atom. The van der Waals surface area contributed by atoms with E-state index in [0.29, 0.717) is 0 Å². The van der Waals surface area contributed by atoms with Crippen LogP contribution in [0.2, 0.25) is 0 Å². The number of aliphatic hydroxyl groups excluding tert-OH is 1. The molecule has 0 unspecified atom stereocenters. The Bertz CT molecular complexity index is 781. The summed E-state index contributed by atoms with van der Waals surface area (Å²) in [6.45, 7) is 3.83. The van der Waals surface area contributed by atoms with Gasteiger partial charge in [0.15, 0.2) is 0 Å². The number of aromatic nitrogens is 1. The lowest BCUT2D eigenvalue weighted by Gasteiger charge is -2.39. The number of pyridine rings is 1. The summed E-state index contributed by atoms with van der Waals surface area (Å²) in [7, 11) is 0. The lowest BCUT2D eigenvalue weighted by atomic mass is 9.94. The van der Waals surface area contributed by atoms with Crippen LogP contribution in [-0.2, 0) is 0 Å². The fourth-order valence-electron chi connectivity index (χ4n) is 4.38. The van der Waals surface area contributed by atoms with Crippen LogP contribution >= 0.6 is 0 Å². The summed E-state index contributed by atoms with van der Waals surface area (Å²) in [6, 6.07) is 11.0. The zero-order chi connectivity index (χ0) is 19.3. The number of nitrogens with zero attached hydrogens (tertiary/aromatic N) is 3. The molecule has 0 radical (unpaired) electrons. The number of anilines is 3. The first-order chi connectivity index (χ1) is 13.7. The lowest BCUT2D eigenvalue weighted by molar-refractivity contribution is 0.204. The van der Waals surface area contributed by atoms with Gasteiger partial charge in [0.2, 0.25) is 0 Å². The van der Waals surface area contributed by atoms with E-state index in [2.05, 4.69) is 32.2 Å². The summed E-state index contributed by atoms with van der Waals surface area (Å²) in [6.07, 6.45) is 6.54. The molecule has 150 valence electrons. The molecule has 0 amide bonds. The molecular weight excluding hydrogens is 355 g/mol. The standard InChI is InChI=1S/C22H29FN4O/c23-18-5-4-6-20(12-18)27-14-17(16-28)11-19(15-27)25-22-13-21(7-8-24-22)26-9-2-1-3-10-26/h4-8,12-13,17,19,28H,1-3,9-11,14-16H2,(H,24,25)/t17-,19+/m1/s1. The van der Waals surface area contributed by atoms with Gasteiger partial charge in [0, 0.05) is 68.4 Å². The molecule has 4 rings (SSSR count). The minimum Gasteiger partial charge on any atom is -0.396 e. The van der Waals surface area contributed by atoms with Crippen molar-refractivity contribution in [1.29, 1.82) is 0 Å². The third-order valence-electron chi connectivity index (χ3n) is 5.79. The zero-order valence-corrected chi connectivity index (χ0v) is 16.2. The molecular formula is C22H29FN4O. The first kappa shape index (κ1) is 19.0. The van der Waals surface area contributed by atoms with Gasteiger partial charge in [-0.1, -0.05) is 6.07 Å². The van der Waals surface area contributed by atoms with Crippen molar-refractivity contribution in [3.05, 3.63) is 48.4 Å². The molecule has 2 fully saturated rings. The molecule has 0 aliphatic carbocycles. The summed E-state index contributed by atoms with van der Waals surface area (Å²) >= 11 is 0. The topological polar surface area (TPSA) is 51.6 Å². The molecule has 2 N–H and O–H groups in total. The summed E-state index contributed by atoms with van der Waals surface area (Å²) in [5.41, 5.74) is 2.08. The van der Waals surface area contributed by atoms with E-state index >= 15 is 0 Å². The Balaban J connectivity index is 1.47. The third-order valence-corrected chi connectivity index (χ3v) is 5.79. The molecule has 28 heavy (non-hydrogen) atoms. The van der Waals surface area contributed by atoms with Crippen molar-refractivity contribution in [2.24, 2.45) is 5.92 Å². The van der Waals surface area contributed by atoms with Crippen molar-refractivity contribution < 1.29 is 9.50 Å². The van der Waals surface area contributed by atoms with Gasteiger partial charge in [-0.2, -0.15) is 0 Å². The fraction of sp³-hybridized carbons (Fsp3) is 0.500. The van der Waals surface area contributed by atoms with Gasteiger partial charge in [-0.3, -0.25) is 0 Å². The molecule has 0 spiro atoms. The van der Waals surface area contributed by atoms with Crippen LogP contribution in [-0.4, -0.2) is 48.9 Å². The van der Waals surface area contributed by atoms with Crippen LogP contribution in [0.15, 0.2) is 42.6 Å². The fourth-order valence-corrected chi connectivity index (χ4v) is 4.38. The quantitative estimate of drug-likeness (QED) is 0.826. The van der Waals surface area contributed by atoms with Crippen molar-refractivity contribution >= 4 is 17.2 Å². The summed E-state index contributed by atoms with van der Waals surface area (Å²) in [5, 5.41) is 13.3. The second kappa shape index (κ2) is 8.78. The molecule has 0 bridgehead atoms. The van der Waals surface area contributed by atoms with E-state index < -0.39 is 0 Å². The monoisotopic (exact) mass is 384 g/mol. The number of piperidine rings is 2. The van der Waals surface area contributed by atoms with Crippen molar-refractivity contribution in [2.45, 2.75) is 31.7 Å². The molecule has 2 aromatic rings. The molecule has 2 saturated heterocycles. The molecule has 5 nitrogen and oxygen atoms in total. The molecule has 2 aliphatic heterocycles. The Hall–Kier alpha value is -2.34. The highest BCUT2D eigenvalue weighted by Gasteiger charge is 2.27. The predicted molar refractivity (Wildman–Crippen MR) is 112 cm³/mol. The van der Waals surface area contributed by atoms with Crippen molar-refractivity contribution in [3.8, 4) is 0 Å². The predicted octanol–water partition coefficient (Wildman–Crippen LogP) is 3.51. The van der Waals surface area contributed by atoms with E-state index in [4.69, 9.17) is 0 Å². The van der Waals surface area contributed by atoms with E-state index in [1.165, 1.54) is 31.0 Å². The van der Waals surface area contributed by atoms with E-state index in [9.17, 15) is 9.50 Å². The summed E-state index contributed by atoms with van der Waals surface area (Å²) in [5.74, 6) is 0.787. The van der Waals surface area contributed by atoms with Crippen LogP contribution in [0.1, 0.15) is 25.7 Å². The van der Waals surface area contributed by atoms with Crippen molar-refractivity contribution in [1.82, 2.24) is 4.98 Å². The minimum absolute atomic E-state index is 0.130. The number of hydrogen-bond acceptors (Lipinski definition) is 5. The van der Waals surface area contributed by atoms with Crippen LogP contribution in [0.5, 0.6) is 0 Å². The maximum Gasteiger partial charge on any atom is 0.128 e. The molecule has 0 saturated carbocycles. The van der Waals surface area contributed by atoms with Crippen molar-refractivity contribution in [3.63, 3.8) is 0 Å². The Morgan fingerprint density at radius 2 is 1.86 bits per heavy atom. The highest BCUT2D eigenvalue weighted by Crippen LogP contribution is 2.27. The highest BCUT2D eigenvalue weighted by atomic mass is 19.1. The van der Waals surface area contributed by atoms with Gasteiger partial charge >= 0.3 is 0 Å². The van der Waals surface area contributed by atoms with Crippen LogP contribution in [0.25, 0.3) is 0 Å². The largest absolute Gasteiger partial charge is 0.396 e. The Morgan fingerprint density at radius 1 is 1.04 bits per heavy atom. The third kappa shape index (κ3) is 4.55. The minimum atomic E-state index is -0.232. The smallest absolute Gasteiger partial charge is 0.128 e. The van der Waals surface area contributed by atoms with E-state index in [1.54, 1.807) is 12.1 Å². The average molecular weight is 384 g/mol. The molecule has 1 aromatic heterocycles. The van der Waals surface area contributed by atoms with Crippen molar-refractivity contribution in [2.75, 3.05) is 47.9 Å². The zero-order valence-electron chi connectivity index (χ0n) is 16.2. The second-order valence-electron chi connectivity index (χ2n) is 7.96. The Labute approximate surface area is 166 Å². The van der Waals surface area contributed by atoms with Gasteiger partial charge in [0.1, 0.15) is 11.6 Å². The first-order valence-corrected chi connectivity index (χ1v) is 10.3. The van der Waals surface area contributed by atoms with Crippen LogP contribution in [0.4, 0.5) is 21.6 Å². The molecule has 2 atom stereocenters. The number of halogens is 1. The number of aliphatic hydroxyl groups is 1. The molecule has 2 aliphatic rings. The van der Waals surface area contributed by atoms with Crippen LogP contribution < -0.4 is 15.1 Å². The Kier molecular flexibility index (Phi) is 5.95. The van der Waals surface area contributed by atoms with Gasteiger partial charge in [0.05, 0.1) is 0 Å². The number of nitrogens with one attached hydrogen (secondary N) is 1. The van der Waals surface area contributed by atoms with Crippen LogP contribution in [0.3, 0.4) is 0 Å². The number of rotatable bonds is 5. The average Bonchev–Trinajstić information content (AvgIpc) is 2.74. The van der Waals surface area contributed by atoms with Gasteiger partial charge < -0.3 is 20.2 Å². The molecule has 6 heteroatoms. The molecule has 3 heterocycles. The van der Waals surface area contributed by atoms with E-state index in [-0.39, 0.29) is 24.4 Å². The highest BCUT2D eigenvalue weighted by molar-refractivity contribution is 5.55. The first-order valence-electron chi connectivity index (χ1n) is 10.3. The van der Waals surface area contributed by atoms with Crippen LogP contribution in [0, 0.1) is 11.7 Å². The SMILES string of the molecule is OC[C@@H]1C[C@H](Nc2cc(N3CCCCC3)ccn2)CN(c2cccc(F)c2)C1. The molecule has 1 aromatic carbocycles. The number of hydrogen-bond donors (Lipinski definition) is 2. The van der Waals surface area contributed by atoms with Gasteiger partial charge in [-0.25, -0.2) is 9.37 Å². The van der Waals surface area contributed by atoms with Gasteiger partial charge in [-0.15, -0.1) is 0 Å². The lowest BCUT2D eigenvalue weighted by Crippen LogP contribution is -2.47. The van der Waals surface area contributed by atoms with Gasteiger partial charge in [-0.05, 0) is 49.9 Å². The summed E-state index contributed by atoms with van der Waals surface area (Å²) in [4.78, 5) is 9.09. The second-order valence-corrected chi connectivity index (χ2v) is 7.96. The normalized spacial score (nSPS) is 22.9. The van der Waals surface area contributed by atoms with E-state index in [1.807, 2.05) is 12.3 Å². The maximum atomic E-state index is 13.7. The summed E-state index contributed by atoms with van der Waals surface area (Å²) < 4.78 is 13.7. The number of benzene rings is 1. The van der Waals surface area contributed by atoms with E-state index in [0.717, 1.165) is 44.1 Å².